The van der Waals surface area contributed by atoms with E-state index >= 15 is 0 Å². The number of hydrogen-bond acceptors (Lipinski definition) is 7. The second-order valence-electron chi connectivity index (χ2n) is 16.1. The summed E-state index contributed by atoms with van der Waals surface area (Å²) in [4.78, 5) is 34.4. The molecular weight excluding hydrogens is 748 g/mol. The topological polar surface area (TPSA) is 120 Å². The van der Waals surface area contributed by atoms with Gasteiger partial charge in [0.05, 0.1) is 42.5 Å². The molecule has 0 spiro atoms. The number of aliphatic hydroxyl groups excluding tert-OH is 2. The molecule has 2 heterocycles. The number of aromatic hydroxyl groups is 1. The number of imide groups is 1. The van der Waals surface area contributed by atoms with Gasteiger partial charge in [-0.2, -0.15) is 0 Å². The molecule has 10 heteroatoms. The molecule has 1 saturated heterocycles. The molecule has 298 valence electrons. The standard InChI is InChI=1S/C48H49FN2O6Si/c1-48(2,3)58(36-17-9-5-10-18-36,37-19-11-6-12-20-37)57-31-34-29-38-45(47(56)51(46(38)55)35-15-7-4-8-16-35)39(30-52)44(34)43(54)25-23-33(41-21-13-14-26-50-41)27-32-22-24-42(53)40(49)28-32/h4-22,24,26-28,38-39,43,45,52-54H,23,25,29-31H2,1-3H3/b33-27-/t38-,39+,43-,45-/m1/s1. The van der Waals surface area contributed by atoms with Crippen LogP contribution in [0.15, 0.2) is 145 Å². The molecule has 1 aliphatic carbocycles. The molecule has 0 bridgehead atoms. The number of para-hydroxylation sites is 1. The Morgan fingerprint density at radius 2 is 1.52 bits per heavy atom. The number of amides is 2. The first-order valence-electron chi connectivity index (χ1n) is 19.7. The molecule has 4 aromatic carbocycles. The highest BCUT2D eigenvalue weighted by molar-refractivity contribution is 6.99. The van der Waals surface area contributed by atoms with E-state index in [1.165, 1.54) is 17.0 Å². The molecule has 5 aromatic rings. The minimum atomic E-state index is -3.10. The van der Waals surface area contributed by atoms with Crippen molar-refractivity contribution in [3.05, 3.63) is 162 Å². The van der Waals surface area contributed by atoms with Gasteiger partial charge < -0.3 is 19.7 Å². The summed E-state index contributed by atoms with van der Waals surface area (Å²) in [6.45, 7) is 6.15. The number of phenols is 1. The number of nitrogens with zero attached hydrogens (tertiary/aromatic N) is 2. The van der Waals surface area contributed by atoms with Crippen molar-refractivity contribution < 1.29 is 33.7 Å². The van der Waals surface area contributed by atoms with Crippen LogP contribution in [0.25, 0.3) is 11.6 Å². The highest BCUT2D eigenvalue weighted by Crippen LogP contribution is 2.48. The molecule has 2 aliphatic rings. The van der Waals surface area contributed by atoms with E-state index < -0.39 is 56.3 Å². The highest BCUT2D eigenvalue weighted by atomic mass is 28.4. The third-order valence-electron chi connectivity index (χ3n) is 11.6. The van der Waals surface area contributed by atoms with Crippen molar-refractivity contribution in [2.75, 3.05) is 18.1 Å². The molecule has 1 aromatic heterocycles. The average molecular weight is 797 g/mol. The fourth-order valence-electron chi connectivity index (χ4n) is 8.97. The number of pyridine rings is 1. The minimum Gasteiger partial charge on any atom is -0.505 e. The van der Waals surface area contributed by atoms with Gasteiger partial charge in [-0.15, -0.1) is 0 Å². The van der Waals surface area contributed by atoms with Gasteiger partial charge in [0.25, 0.3) is 8.32 Å². The second kappa shape index (κ2) is 17.1. The van der Waals surface area contributed by atoms with Crippen molar-refractivity contribution in [2.24, 2.45) is 17.8 Å². The average Bonchev–Trinajstić information content (AvgIpc) is 3.49. The van der Waals surface area contributed by atoms with E-state index in [0.717, 1.165) is 10.4 Å². The lowest BCUT2D eigenvalue weighted by molar-refractivity contribution is -0.123. The van der Waals surface area contributed by atoms with Crippen molar-refractivity contribution in [3.8, 4) is 5.75 Å². The number of anilines is 1. The van der Waals surface area contributed by atoms with Crippen LogP contribution >= 0.6 is 0 Å². The summed E-state index contributed by atoms with van der Waals surface area (Å²) in [6.07, 6.45) is 2.92. The Morgan fingerprint density at radius 3 is 2.09 bits per heavy atom. The van der Waals surface area contributed by atoms with Gasteiger partial charge in [-0.3, -0.25) is 19.5 Å². The molecule has 0 radical (unpaired) electrons. The highest BCUT2D eigenvalue weighted by Gasteiger charge is 2.56. The second-order valence-corrected chi connectivity index (χ2v) is 20.4. The molecule has 8 nitrogen and oxygen atoms in total. The lowest BCUT2D eigenvalue weighted by Gasteiger charge is -2.44. The first kappa shape index (κ1) is 40.7. The summed E-state index contributed by atoms with van der Waals surface area (Å²) in [5.74, 6) is -4.45. The molecular formula is C48H49FN2O6Si. The fraction of sp³-hybridized carbons (Fsp3) is 0.271. The third kappa shape index (κ3) is 7.85. The maximum Gasteiger partial charge on any atom is 0.261 e. The molecule has 1 aliphatic heterocycles. The van der Waals surface area contributed by atoms with Crippen LogP contribution < -0.4 is 15.3 Å². The Kier molecular flexibility index (Phi) is 12.0. The van der Waals surface area contributed by atoms with E-state index in [1.807, 2.05) is 54.6 Å². The Morgan fingerprint density at radius 1 is 0.897 bits per heavy atom. The maximum absolute atomic E-state index is 14.4. The zero-order chi connectivity index (χ0) is 41.0. The van der Waals surface area contributed by atoms with Gasteiger partial charge in [0, 0.05) is 12.1 Å². The lowest BCUT2D eigenvalue weighted by atomic mass is 9.68. The number of phenolic OH excluding ortho intramolecular Hbond substituents is 1. The number of hydrogen-bond donors (Lipinski definition) is 3. The Balaban J connectivity index is 1.31. The molecule has 7 rings (SSSR count). The number of benzene rings is 4. The number of aliphatic hydroxyl groups is 2. The molecule has 4 atom stereocenters. The van der Waals surface area contributed by atoms with Gasteiger partial charge in [-0.1, -0.05) is 112 Å². The number of aromatic nitrogens is 1. The molecule has 58 heavy (non-hydrogen) atoms. The smallest absolute Gasteiger partial charge is 0.261 e. The zero-order valence-corrected chi connectivity index (χ0v) is 34.0. The first-order chi connectivity index (χ1) is 27.9. The number of allylic oxidation sites excluding steroid dienone is 1. The minimum absolute atomic E-state index is 0.0714. The Bertz CT molecular complexity index is 2260. The predicted octanol–water partition coefficient (Wildman–Crippen LogP) is 7.30. The Labute approximate surface area is 340 Å². The first-order valence-corrected chi connectivity index (χ1v) is 21.6. The van der Waals surface area contributed by atoms with E-state index in [2.05, 4.69) is 50.0 Å². The monoisotopic (exact) mass is 796 g/mol. The number of halogens is 1. The summed E-state index contributed by atoms with van der Waals surface area (Å²) in [7, 11) is -3.10. The summed E-state index contributed by atoms with van der Waals surface area (Å²) >= 11 is 0. The van der Waals surface area contributed by atoms with Gasteiger partial charge in [0.1, 0.15) is 0 Å². The van der Waals surface area contributed by atoms with Crippen molar-refractivity contribution in [2.45, 2.75) is 51.2 Å². The largest absolute Gasteiger partial charge is 0.505 e. The molecule has 1 fully saturated rings. The van der Waals surface area contributed by atoms with Crippen LogP contribution in [0.5, 0.6) is 5.75 Å². The van der Waals surface area contributed by atoms with Crippen molar-refractivity contribution in [1.82, 2.24) is 4.98 Å². The summed E-state index contributed by atoms with van der Waals surface area (Å²) in [5.41, 5.74) is 3.52. The molecule has 0 saturated carbocycles. The number of fused-ring (bicyclic) bond motifs is 1. The van der Waals surface area contributed by atoms with Crippen molar-refractivity contribution >= 4 is 47.8 Å². The van der Waals surface area contributed by atoms with Crippen LogP contribution in [-0.2, 0) is 14.0 Å². The summed E-state index contributed by atoms with van der Waals surface area (Å²) < 4.78 is 21.8. The number of rotatable bonds is 13. The van der Waals surface area contributed by atoms with Gasteiger partial charge in [0.2, 0.25) is 11.8 Å². The van der Waals surface area contributed by atoms with E-state index in [-0.39, 0.29) is 30.4 Å². The molecule has 3 N–H and O–H groups in total. The quantitative estimate of drug-likeness (QED) is 0.0650. The third-order valence-corrected chi connectivity index (χ3v) is 16.6. The zero-order valence-electron chi connectivity index (χ0n) is 33.0. The lowest BCUT2D eigenvalue weighted by Crippen LogP contribution is -2.66. The van der Waals surface area contributed by atoms with Crippen LogP contribution in [0.2, 0.25) is 5.04 Å². The van der Waals surface area contributed by atoms with E-state index in [0.29, 0.717) is 40.1 Å². The Hall–Kier alpha value is -5.52. The molecule has 2 amide bonds. The molecule has 0 unspecified atom stereocenters. The number of carbonyl (C=O) groups is 2. The number of carbonyl (C=O) groups excluding carboxylic acids is 2. The van der Waals surface area contributed by atoms with E-state index in [4.69, 9.17) is 4.43 Å². The van der Waals surface area contributed by atoms with Gasteiger partial charge in [0.15, 0.2) is 11.6 Å². The van der Waals surface area contributed by atoms with Gasteiger partial charge in [-0.05, 0) is 99.4 Å². The van der Waals surface area contributed by atoms with E-state index in [9.17, 15) is 29.3 Å². The van der Waals surface area contributed by atoms with Crippen LogP contribution in [0.1, 0.15) is 51.3 Å². The van der Waals surface area contributed by atoms with E-state index in [1.54, 1.807) is 48.7 Å². The van der Waals surface area contributed by atoms with Crippen LogP contribution in [-0.4, -0.2) is 59.8 Å². The summed E-state index contributed by atoms with van der Waals surface area (Å²) in [5, 5.41) is 35.2. The summed E-state index contributed by atoms with van der Waals surface area (Å²) in [6, 6.07) is 38.8. The maximum atomic E-state index is 14.4. The van der Waals surface area contributed by atoms with Crippen LogP contribution in [0.3, 0.4) is 0 Å². The normalized spacial score (nSPS) is 19.4. The fourth-order valence-corrected chi connectivity index (χ4v) is 13.5. The van der Waals surface area contributed by atoms with Crippen LogP contribution in [0.4, 0.5) is 10.1 Å². The van der Waals surface area contributed by atoms with Gasteiger partial charge in [-0.25, -0.2) is 4.39 Å². The van der Waals surface area contributed by atoms with Crippen molar-refractivity contribution in [1.29, 1.82) is 0 Å². The van der Waals surface area contributed by atoms with Crippen LogP contribution in [0, 0.1) is 23.6 Å². The SMILES string of the molecule is CC(C)(C)[Si](OCC1=C([C@H](O)CC/C(=C/c2ccc(O)c(F)c2)c2ccccn2)[C@H](CO)[C@@H]2C(=O)N(c3ccccc3)C(=O)[C@@H]2C1)(c1ccccc1)c1ccccc1. The van der Waals surface area contributed by atoms with Gasteiger partial charge >= 0.3 is 0 Å². The predicted molar refractivity (Wildman–Crippen MR) is 227 cm³/mol. The van der Waals surface area contributed by atoms with Crippen molar-refractivity contribution in [3.63, 3.8) is 0 Å².